The molecule has 0 amide bonds. The molecular formula is C16H14N2O4. The summed E-state index contributed by atoms with van der Waals surface area (Å²) in [4.78, 5) is 18.2. The summed E-state index contributed by atoms with van der Waals surface area (Å²) >= 11 is 0. The largest absolute Gasteiger partial charge is 0.508 e. The third-order valence-electron chi connectivity index (χ3n) is 3.83. The van der Waals surface area contributed by atoms with Crippen molar-refractivity contribution in [3.63, 3.8) is 0 Å². The highest BCUT2D eigenvalue weighted by molar-refractivity contribution is 5.96. The summed E-state index contributed by atoms with van der Waals surface area (Å²) in [5, 5.41) is 11.6. The Morgan fingerprint density at radius 2 is 1.91 bits per heavy atom. The molecule has 3 aromatic rings. The molecule has 1 fully saturated rings. The van der Waals surface area contributed by atoms with Crippen molar-refractivity contribution in [2.75, 3.05) is 31.2 Å². The van der Waals surface area contributed by atoms with Crippen LogP contribution in [-0.4, -0.2) is 36.4 Å². The minimum Gasteiger partial charge on any atom is -0.508 e. The van der Waals surface area contributed by atoms with Crippen LogP contribution in [0.3, 0.4) is 0 Å². The van der Waals surface area contributed by atoms with Gasteiger partial charge < -0.3 is 19.2 Å². The van der Waals surface area contributed by atoms with Gasteiger partial charge in [0.15, 0.2) is 0 Å². The predicted octanol–water partition coefficient (Wildman–Crippen LogP) is 1.88. The van der Waals surface area contributed by atoms with Crippen LogP contribution in [0.15, 0.2) is 39.5 Å². The number of nitrogens with zero attached hydrogens (tertiary/aromatic N) is 2. The first-order valence-electron chi connectivity index (χ1n) is 7.11. The number of benzene rings is 2. The maximum absolute atomic E-state index is 12.3. The molecule has 0 bridgehead atoms. The minimum absolute atomic E-state index is 0.161. The molecule has 6 heteroatoms. The van der Waals surface area contributed by atoms with Crippen LogP contribution in [-0.2, 0) is 4.74 Å². The van der Waals surface area contributed by atoms with Crippen molar-refractivity contribution in [2.45, 2.75) is 0 Å². The van der Waals surface area contributed by atoms with E-state index in [1.165, 1.54) is 0 Å². The number of aromatic nitrogens is 1. The summed E-state index contributed by atoms with van der Waals surface area (Å²) in [6, 6.07) is 8.85. The van der Waals surface area contributed by atoms with Crippen LogP contribution in [0.5, 0.6) is 5.75 Å². The molecule has 0 spiro atoms. The predicted molar refractivity (Wildman–Crippen MR) is 82.5 cm³/mol. The van der Waals surface area contributed by atoms with Crippen molar-refractivity contribution >= 4 is 27.8 Å². The molecule has 0 saturated carbocycles. The lowest BCUT2D eigenvalue weighted by Gasteiger charge is -2.25. The first-order chi connectivity index (χ1) is 10.7. The van der Waals surface area contributed by atoms with E-state index in [4.69, 9.17) is 9.15 Å². The van der Waals surface area contributed by atoms with E-state index in [0.717, 1.165) is 10.8 Å². The topological polar surface area (TPSA) is 75.8 Å². The number of fused-ring (bicyclic) bond motifs is 2. The van der Waals surface area contributed by atoms with E-state index in [0.29, 0.717) is 43.3 Å². The van der Waals surface area contributed by atoms with Gasteiger partial charge in [0.1, 0.15) is 11.3 Å². The highest BCUT2D eigenvalue weighted by Gasteiger charge is 2.17. The Balaban J connectivity index is 1.91. The van der Waals surface area contributed by atoms with Crippen LogP contribution in [0.4, 0.5) is 6.01 Å². The molecule has 1 N–H and O–H groups in total. The lowest BCUT2D eigenvalue weighted by atomic mass is 10.1. The molecule has 1 aromatic heterocycles. The van der Waals surface area contributed by atoms with Gasteiger partial charge in [-0.2, -0.15) is 4.98 Å². The fourth-order valence-electron chi connectivity index (χ4n) is 2.67. The number of ether oxygens (including phenoxy) is 1. The zero-order valence-corrected chi connectivity index (χ0v) is 11.8. The van der Waals surface area contributed by atoms with Crippen LogP contribution >= 0.6 is 0 Å². The van der Waals surface area contributed by atoms with Crippen LogP contribution in [0.1, 0.15) is 0 Å². The smallest absolute Gasteiger partial charge is 0.301 e. The van der Waals surface area contributed by atoms with Crippen molar-refractivity contribution < 1.29 is 14.3 Å². The van der Waals surface area contributed by atoms with Gasteiger partial charge in [-0.1, -0.05) is 6.07 Å². The van der Waals surface area contributed by atoms with Gasteiger partial charge in [0.2, 0.25) is 0 Å². The molecule has 2 aromatic carbocycles. The summed E-state index contributed by atoms with van der Waals surface area (Å²) < 4.78 is 11.1. The normalized spacial score (nSPS) is 15.5. The average Bonchev–Trinajstić information content (AvgIpc) is 2.54. The maximum Gasteiger partial charge on any atom is 0.301 e. The van der Waals surface area contributed by atoms with Crippen molar-refractivity contribution in [1.82, 2.24) is 4.98 Å². The fraction of sp³-hybridized carbons (Fsp3) is 0.250. The molecule has 2 heterocycles. The number of phenols is 1. The monoisotopic (exact) mass is 298 g/mol. The molecule has 0 unspecified atom stereocenters. The Morgan fingerprint density at radius 1 is 1.09 bits per heavy atom. The number of aromatic hydroxyl groups is 1. The molecule has 1 aliphatic heterocycles. The second-order valence-corrected chi connectivity index (χ2v) is 5.28. The van der Waals surface area contributed by atoms with E-state index in [1.807, 2.05) is 4.90 Å². The lowest BCUT2D eigenvalue weighted by Crippen LogP contribution is -2.37. The first-order valence-corrected chi connectivity index (χ1v) is 7.11. The second-order valence-electron chi connectivity index (χ2n) is 5.28. The maximum atomic E-state index is 12.3. The number of morpholine rings is 1. The van der Waals surface area contributed by atoms with E-state index < -0.39 is 0 Å². The molecule has 1 saturated heterocycles. The SMILES string of the molecule is O=c1nc(N2CCOCC2)oc2cc3ccc(O)cc3cc12. The van der Waals surface area contributed by atoms with Crippen molar-refractivity contribution in [3.05, 3.63) is 40.7 Å². The Hall–Kier alpha value is -2.60. The first kappa shape index (κ1) is 13.1. The van der Waals surface area contributed by atoms with Gasteiger partial charge >= 0.3 is 6.01 Å². The van der Waals surface area contributed by atoms with Crippen molar-refractivity contribution in [1.29, 1.82) is 0 Å². The third-order valence-corrected chi connectivity index (χ3v) is 3.83. The van der Waals surface area contributed by atoms with Gasteiger partial charge in [0.25, 0.3) is 5.56 Å². The van der Waals surface area contributed by atoms with E-state index in [2.05, 4.69) is 4.98 Å². The van der Waals surface area contributed by atoms with Gasteiger partial charge in [-0.15, -0.1) is 0 Å². The standard InChI is InChI=1S/C16H14N2O4/c19-12-2-1-10-9-14-13(8-11(10)7-12)15(20)17-16(22-14)18-3-5-21-6-4-18/h1-2,7-9,19H,3-6H2. The van der Waals surface area contributed by atoms with E-state index in [1.54, 1.807) is 30.3 Å². The molecule has 112 valence electrons. The number of hydrogen-bond donors (Lipinski definition) is 1. The molecule has 0 aliphatic carbocycles. The molecule has 6 nitrogen and oxygen atoms in total. The van der Waals surface area contributed by atoms with Gasteiger partial charge in [0.05, 0.1) is 18.6 Å². The highest BCUT2D eigenvalue weighted by Crippen LogP contribution is 2.26. The minimum atomic E-state index is -0.326. The summed E-state index contributed by atoms with van der Waals surface area (Å²) in [6.45, 7) is 2.51. The van der Waals surface area contributed by atoms with Crippen LogP contribution in [0.2, 0.25) is 0 Å². The van der Waals surface area contributed by atoms with Crippen LogP contribution in [0, 0.1) is 0 Å². The Labute approximate surface area is 125 Å². The zero-order valence-electron chi connectivity index (χ0n) is 11.8. The van der Waals surface area contributed by atoms with E-state index in [9.17, 15) is 9.90 Å². The Kier molecular flexibility index (Phi) is 2.97. The number of hydrogen-bond acceptors (Lipinski definition) is 6. The molecule has 1 aliphatic rings. The third kappa shape index (κ3) is 2.17. The summed E-state index contributed by atoms with van der Waals surface area (Å²) in [5.41, 5.74) is 0.174. The molecular weight excluding hydrogens is 284 g/mol. The molecule has 22 heavy (non-hydrogen) atoms. The second kappa shape index (κ2) is 4.99. The fourth-order valence-corrected chi connectivity index (χ4v) is 2.67. The summed E-state index contributed by atoms with van der Waals surface area (Å²) in [5.74, 6) is 0.161. The molecule has 4 rings (SSSR count). The number of rotatable bonds is 1. The number of anilines is 1. The quantitative estimate of drug-likeness (QED) is 0.691. The van der Waals surface area contributed by atoms with Crippen molar-refractivity contribution in [2.24, 2.45) is 0 Å². The van der Waals surface area contributed by atoms with Gasteiger partial charge in [-0.25, -0.2) is 0 Å². The summed E-state index contributed by atoms with van der Waals surface area (Å²) in [7, 11) is 0. The Bertz CT molecular complexity index is 913. The molecule has 0 radical (unpaired) electrons. The van der Waals surface area contributed by atoms with Crippen LogP contribution < -0.4 is 10.5 Å². The van der Waals surface area contributed by atoms with Crippen LogP contribution in [0.25, 0.3) is 21.7 Å². The zero-order chi connectivity index (χ0) is 15.1. The van der Waals surface area contributed by atoms with Gasteiger partial charge in [0, 0.05) is 13.1 Å². The van der Waals surface area contributed by atoms with E-state index >= 15 is 0 Å². The summed E-state index contributed by atoms with van der Waals surface area (Å²) in [6.07, 6.45) is 0. The van der Waals surface area contributed by atoms with Gasteiger partial charge in [-0.3, -0.25) is 4.79 Å². The van der Waals surface area contributed by atoms with Gasteiger partial charge in [-0.05, 0) is 35.0 Å². The van der Waals surface area contributed by atoms with E-state index in [-0.39, 0.29) is 11.3 Å². The number of phenolic OH excluding ortho intramolecular Hbond substituents is 1. The average molecular weight is 298 g/mol. The lowest BCUT2D eigenvalue weighted by molar-refractivity contribution is 0.120. The van der Waals surface area contributed by atoms with Crippen molar-refractivity contribution in [3.8, 4) is 5.75 Å². The highest BCUT2D eigenvalue weighted by atomic mass is 16.5. The molecule has 0 atom stereocenters. The Morgan fingerprint density at radius 3 is 2.73 bits per heavy atom.